The Morgan fingerprint density at radius 3 is 2.90 bits per heavy atom. The van der Waals surface area contributed by atoms with Crippen molar-refractivity contribution in [1.29, 1.82) is 0 Å². The quantitative estimate of drug-likeness (QED) is 0.325. The van der Waals surface area contributed by atoms with Crippen molar-refractivity contribution in [2.45, 2.75) is 25.2 Å². The molecule has 2 heterocycles. The third-order valence-corrected chi connectivity index (χ3v) is 5.59. The second-order valence-electron chi connectivity index (χ2n) is 7.36. The van der Waals surface area contributed by atoms with Crippen LogP contribution in [-0.4, -0.2) is 36.3 Å². The zero-order chi connectivity index (χ0) is 20.2. The number of hydrogen-bond donors (Lipinski definition) is 2. The number of rotatable bonds is 7. The second kappa shape index (κ2) is 8.98. The van der Waals surface area contributed by atoms with Crippen LogP contribution in [0.5, 0.6) is 0 Å². The van der Waals surface area contributed by atoms with Crippen molar-refractivity contribution in [3.8, 4) is 0 Å². The van der Waals surface area contributed by atoms with Crippen molar-refractivity contribution >= 4 is 33.9 Å². The summed E-state index contributed by atoms with van der Waals surface area (Å²) in [4.78, 5) is 7.94. The van der Waals surface area contributed by atoms with Gasteiger partial charge in [-0.15, -0.1) is 0 Å². The first-order chi connectivity index (χ1) is 14.1. The fraction of sp³-hybridized carbons (Fsp3) is 0.381. The SMILES string of the molecule is Nc1ccc(Cl)cc1NOCCCN1CCC(c2noc3cc(F)ccc23)CC1. The van der Waals surface area contributed by atoms with E-state index in [1.165, 1.54) is 12.1 Å². The molecule has 0 spiro atoms. The highest BCUT2D eigenvalue weighted by molar-refractivity contribution is 6.31. The molecule has 1 fully saturated rings. The van der Waals surface area contributed by atoms with Crippen molar-refractivity contribution in [1.82, 2.24) is 10.1 Å². The third kappa shape index (κ3) is 4.80. The molecule has 154 valence electrons. The van der Waals surface area contributed by atoms with Crippen LogP contribution in [-0.2, 0) is 4.84 Å². The van der Waals surface area contributed by atoms with Crippen LogP contribution < -0.4 is 11.2 Å². The number of nitrogen functional groups attached to an aromatic ring is 1. The monoisotopic (exact) mass is 418 g/mol. The number of halogens is 2. The van der Waals surface area contributed by atoms with Gasteiger partial charge in [0.1, 0.15) is 5.82 Å². The number of nitrogens with one attached hydrogen (secondary N) is 1. The Hall–Kier alpha value is -2.35. The predicted octanol–water partition coefficient (Wildman–Crippen LogP) is 4.82. The van der Waals surface area contributed by atoms with Crippen molar-refractivity contribution in [2.24, 2.45) is 0 Å². The lowest BCUT2D eigenvalue weighted by molar-refractivity contribution is 0.154. The normalized spacial score (nSPS) is 15.8. The molecule has 0 radical (unpaired) electrons. The van der Waals surface area contributed by atoms with E-state index in [0.717, 1.165) is 50.0 Å². The van der Waals surface area contributed by atoms with E-state index >= 15 is 0 Å². The molecule has 3 N–H and O–H groups in total. The molecule has 3 aromatic rings. The Balaban J connectivity index is 1.20. The van der Waals surface area contributed by atoms with Crippen LogP contribution in [0.25, 0.3) is 11.0 Å². The van der Waals surface area contributed by atoms with E-state index in [2.05, 4.69) is 15.5 Å². The van der Waals surface area contributed by atoms with Crippen molar-refractivity contribution < 1.29 is 13.8 Å². The summed E-state index contributed by atoms with van der Waals surface area (Å²) in [7, 11) is 0. The van der Waals surface area contributed by atoms with E-state index in [9.17, 15) is 4.39 Å². The summed E-state index contributed by atoms with van der Waals surface area (Å²) in [5, 5.41) is 5.74. The van der Waals surface area contributed by atoms with Crippen molar-refractivity contribution in [3.05, 3.63) is 52.9 Å². The minimum atomic E-state index is -0.301. The van der Waals surface area contributed by atoms with Gasteiger partial charge in [-0.1, -0.05) is 16.8 Å². The Morgan fingerprint density at radius 2 is 2.07 bits per heavy atom. The Labute approximate surface area is 173 Å². The molecule has 6 nitrogen and oxygen atoms in total. The minimum Gasteiger partial charge on any atom is -0.397 e. The largest absolute Gasteiger partial charge is 0.397 e. The summed E-state index contributed by atoms with van der Waals surface area (Å²) in [6, 6.07) is 9.84. The summed E-state index contributed by atoms with van der Waals surface area (Å²) in [5.41, 5.74) is 11.5. The summed E-state index contributed by atoms with van der Waals surface area (Å²) in [5.74, 6) is 0.0476. The van der Waals surface area contributed by atoms with Crippen LogP contribution in [0.3, 0.4) is 0 Å². The molecule has 0 unspecified atom stereocenters. The van der Waals surface area contributed by atoms with Gasteiger partial charge in [0.05, 0.1) is 23.7 Å². The van der Waals surface area contributed by atoms with E-state index in [1.54, 1.807) is 24.3 Å². The Bertz CT molecular complexity index is 972. The van der Waals surface area contributed by atoms with E-state index < -0.39 is 0 Å². The van der Waals surface area contributed by atoms with Gasteiger partial charge in [-0.3, -0.25) is 10.3 Å². The van der Waals surface area contributed by atoms with Gasteiger partial charge in [0.25, 0.3) is 0 Å². The first-order valence-corrected chi connectivity index (χ1v) is 10.2. The van der Waals surface area contributed by atoms with E-state index in [0.29, 0.717) is 34.5 Å². The van der Waals surface area contributed by atoms with Gasteiger partial charge >= 0.3 is 0 Å². The van der Waals surface area contributed by atoms with Gasteiger partial charge in [-0.2, -0.15) is 0 Å². The lowest BCUT2D eigenvalue weighted by atomic mass is 9.91. The first-order valence-electron chi connectivity index (χ1n) is 9.80. The van der Waals surface area contributed by atoms with Gasteiger partial charge in [0, 0.05) is 28.9 Å². The smallest absolute Gasteiger partial charge is 0.170 e. The van der Waals surface area contributed by atoms with Crippen LogP contribution in [0.2, 0.25) is 5.02 Å². The van der Waals surface area contributed by atoms with Crippen molar-refractivity contribution in [2.75, 3.05) is 37.5 Å². The number of nitrogens with two attached hydrogens (primary N) is 1. The number of anilines is 2. The minimum absolute atomic E-state index is 0.301. The number of hydrogen-bond acceptors (Lipinski definition) is 6. The van der Waals surface area contributed by atoms with Gasteiger partial charge < -0.3 is 15.2 Å². The van der Waals surface area contributed by atoms with Crippen molar-refractivity contribution in [3.63, 3.8) is 0 Å². The molecule has 1 aliphatic heterocycles. The van der Waals surface area contributed by atoms with Gasteiger partial charge in [-0.05, 0) is 62.7 Å². The van der Waals surface area contributed by atoms with E-state index in [-0.39, 0.29) is 5.82 Å². The molecule has 0 aliphatic carbocycles. The molecule has 8 heteroatoms. The molecular formula is C21H24ClFN4O2. The number of piperidine rings is 1. The topological polar surface area (TPSA) is 76.6 Å². The lowest BCUT2D eigenvalue weighted by Crippen LogP contribution is -2.34. The number of aromatic nitrogens is 1. The standard InChI is InChI=1S/C21H24ClFN4O2/c22-15-2-5-18(24)19(12-15)25-28-11-1-8-27-9-6-14(7-10-27)21-17-4-3-16(23)13-20(17)29-26-21/h2-5,12-14,25H,1,6-11,24H2. The molecule has 1 aliphatic rings. The molecule has 0 atom stereocenters. The number of benzene rings is 2. The fourth-order valence-electron chi connectivity index (χ4n) is 3.76. The zero-order valence-electron chi connectivity index (χ0n) is 16.0. The average molecular weight is 419 g/mol. The molecular weight excluding hydrogens is 395 g/mol. The summed E-state index contributed by atoms with van der Waals surface area (Å²) >= 11 is 5.96. The molecule has 1 saturated heterocycles. The number of likely N-dealkylation sites (tertiary alicyclic amines) is 1. The van der Waals surface area contributed by atoms with Crippen LogP contribution in [0, 0.1) is 5.82 Å². The Kier molecular flexibility index (Phi) is 6.18. The molecule has 0 amide bonds. The average Bonchev–Trinajstić information content (AvgIpc) is 3.13. The first kappa shape index (κ1) is 19.9. The van der Waals surface area contributed by atoms with Crippen LogP contribution in [0.1, 0.15) is 30.9 Å². The summed E-state index contributed by atoms with van der Waals surface area (Å²) in [6.45, 7) is 3.53. The maximum absolute atomic E-state index is 13.3. The van der Waals surface area contributed by atoms with Crippen LogP contribution in [0.15, 0.2) is 40.9 Å². The van der Waals surface area contributed by atoms with Gasteiger partial charge in [0.15, 0.2) is 5.58 Å². The lowest BCUT2D eigenvalue weighted by Gasteiger charge is -2.31. The highest BCUT2D eigenvalue weighted by Gasteiger charge is 2.24. The van der Waals surface area contributed by atoms with Crippen LogP contribution >= 0.6 is 11.6 Å². The summed E-state index contributed by atoms with van der Waals surface area (Å²) in [6.07, 6.45) is 2.93. The molecule has 4 rings (SSSR count). The number of nitrogens with zero attached hydrogens (tertiary/aromatic N) is 2. The highest BCUT2D eigenvalue weighted by Crippen LogP contribution is 2.32. The van der Waals surface area contributed by atoms with E-state index in [1.807, 2.05) is 0 Å². The Morgan fingerprint density at radius 1 is 1.24 bits per heavy atom. The summed E-state index contributed by atoms with van der Waals surface area (Å²) < 4.78 is 18.6. The highest BCUT2D eigenvalue weighted by atomic mass is 35.5. The maximum atomic E-state index is 13.3. The molecule has 1 aromatic heterocycles. The van der Waals surface area contributed by atoms with Gasteiger partial charge in [-0.25, -0.2) is 4.39 Å². The molecule has 0 bridgehead atoms. The number of fused-ring (bicyclic) bond motifs is 1. The molecule has 29 heavy (non-hydrogen) atoms. The molecule has 0 saturated carbocycles. The van der Waals surface area contributed by atoms with Crippen LogP contribution in [0.4, 0.5) is 15.8 Å². The third-order valence-electron chi connectivity index (χ3n) is 5.35. The fourth-order valence-corrected chi connectivity index (χ4v) is 3.93. The van der Waals surface area contributed by atoms with E-state index in [4.69, 9.17) is 26.7 Å². The molecule has 2 aromatic carbocycles. The maximum Gasteiger partial charge on any atom is 0.170 e. The van der Waals surface area contributed by atoms with Gasteiger partial charge in [0.2, 0.25) is 0 Å². The predicted molar refractivity (Wildman–Crippen MR) is 112 cm³/mol. The zero-order valence-corrected chi connectivity index (χ0v) is 16.8. The second-order valence-corrected chi connectivity index (χ2v) is 7.80.